The maximum atomic E-state index is 11.4. The van der Waals surface area contributed by atoms with Gasteiger partial charge in [0.25, 0.3) is 10.1 Å². The van der Waals surface area contributed by atoms with Gasteiger partial charge in [-0.1, -0.05) is 42.5 Å². The van der Waals surface area contributed by atoms with Gasteiger partial charge in [-0.05, 0) is 42.0 Å². The molecular formula is C20H24O5S. The van der Waals surface area contributed by atoms with Crippen molar-refractivity contribution in [1.82, 2.24) is 0 Å². The topological polar surface area (TPSA) is 69.7 Å². The fraction of sp³-hybridized carbons (Fsp3) is 0.450. The first-order chi connectivity index (χ1) is 12.3. The highest BCUT2D eigenvalue weighted by Gasteiger charge is 2.40. The number of rotatable bonds is 5. The number of carbonyl (C=O) groups is 1. The smallest absolute Gasteiger partial charge is 0.302 e. The predicted octanol–water partition coefficient (Wildman–Crippen LogP) is 3.56. The molecule has 0 saturated heterocycles. The monoisotopic (exact) mass is 376 g/mol. The molecule has 1 fully saturated rings. The Bertz CT molecular complexity index is 890. The van der Waals surface area contributed by atoms with Crippen molar-refractivity contribution in [3.05, 3.63) is 48.0 Å². The molecule has 6 heteroatoms. The van der Waals surface area contributed by atoms with Gasteiger partial charge in [0.15, 0.2) is 0 Å². The van der Waals surface area contributed by atoms with Crippen molar-refractivity contribution in [2.24, 2.45) is 0 Å². The predicted molar refractivity (Wildman–Crippen MR) is 100 cm³/mol. The van der Waals surface area contributed by atoms with Gasteiger partial charge in [0.1, 0.15) is 6.61 Å². The van der Waals surface area contributed by atoms with E-state index in [-0.39, 0.29) is 17.5 Å². The van der Waals surface area contributed by atoms with Crippen LogP contribution in [0.1, 0.15) is 38.2 Å². The molecule has 0 spiro atoms. The maximum Gasteiger partial charge on any atom is 0.302 e. The number of hydrogen-bond donors (Lipinski definition) is 0. The van der Waals surface area contributed by atoms with Crippen LogP contribution in [0.4, 0.5) is 0 Å². The Morgan fingerprint density at radius 2 is 1.77 bits per heavy atom. The zero-order valence-electron chi connectivity index (χ0n) is 15.1. The third-order valence-corrected chi connectivity index (χ3v) is 5.74. The molecule has 2 aromatic carbocycles. The van der Waals surface area contributed by atoms with Gasteiger partial charge >= 0.3 is 5.97 Å². The number of ether oxygens (including phenoxy) is 1. The van der Waals surface area contributed by atoms with Crippen LogP contribution in [0, 0.1) is 0 Å². The van der Waals surface area contributed by atoms with Gasteiger partial charge in [-0.15, -0.1) is 0 Å². The summed E-state index contributed by atoms with van der Waals surface area (Å²) in [6, 6.07) is 14.3. The van der Waals surface area contributed by atoms with Gasteiger partial charge in [0.05, 0.1) is 12.4 Å². The Morgan fingerprint density at radius 3 is 2.42 bits per heavy atom. The SMILES string of the molecule is CC(=O)OC[C@]1(c2cccc3ccccc32)CC[C@@H](OS(C)(=O)=O)CC1. The lowest BCUT2D eigenvalue weighted by Crippen LogP contribution is -2.39. The molecule has 1 saturated carbocycles. The van der Waals surface area contributed by atoms with Crippen molar-refractivity contribution < 1.29 is 22.1 Å². The highest BCUT2D eigenvalue weighted by molar-refractivity contribution is 7.86. The largest absolute Gasteiger partial charge is 0.465 e. The van der Waals surface area contributed by atoms with Gasteiger partial charge in [-0.2, -0.15) is 8.42 Å². The standard InChI is InChI=1S/C20H24O5S/c1-15(21)24-14-20(12-10-17(11-13-20)25-26(2,22)23)19-9-5-7-16-6-3-4-8-18(16)19/h3-9,17H,10-14H2,1-2H3/t17-,20+. The zero-order valence-corrected chi connectivity index (χ0v) is 15.9. The van der Waals surface area contributed by atoms with E-state index in [1.54, 1.807) is 0 Å². The summed E-state index contributed by atoms with van der Waals surface area (Å²) in [5.41, 5.74) is 0.818. The minimum atomic E-state index is -3.47. The fourth-order valence-electron chi connectivity index (χ4n) is 3.91. The molecule has 0 radical (unpaired) electrons. The van der Waals surface area contributed by atoms with E-state index in [0.29, 0.717) is 32.3 Å². The molecule has 2 aromatic rings. The van der Waals surface area contributed by atoms with Crippen molar-refractivity contribution in [1.29, 1.82) is 0 Å². The van der Waals surface area contributed by atoms with Crippen LogP contribution in [-0.4, -0.2) is 33.4 Å². The van der Waals surface area contributed by atoms with Crippen molar-refractivity contribution in [2.45, 2.75) is 44.1 Å². The fourth-order valence-corrected chi connectivity index (χ4v) is 4.59. The van der Waals surface area contributed by atoms with E-state index in [2.05, 4.69) is 24.3 Å². The molecular weight excluding hydrogens is 352 g/mol. The molecule has 0 atom stereocenters. The van der Waals surface area contributed by atoms with Crippen LogP contribution in [0.15, 0.2) is 42.5 Å². The normalized spacial score (nSPS) is 23.7. The molecule has 1 aliphatic carbocycles. The van der Waals surface area contributed by atoms with Crippen LogP contribution in [0.25, 0.3) is 10.8 Å². The van der Waals surface area contributed by atoms with Crippen LogP contribution < -0.4 is 0 Å². The molecule has 0 amide bonds. The van der Waals surface area contributed by atoms with E-state index in [1.165, 1.54) is 6.92 Å². The first-order valence-electron chi connectivity index (χ1n) is 8.79. The van der Waals surface area contributed by atoms with Crippen LogP contribution in [0.5, 0.6) is 0 Å². The van der Waals surface area contributed by atoms with E-state index >= 15 is 0 Å². The average Bonchev–Trinajstić information content (AvgIpc) is 2.60. The van der Waals surface area contributed by atoms with E-state index in [9.17, 15) is 13.2 Å². The van der Waals surface area contributed by atoms with E-state index < -0.39 is 10.1 Å². The van der Waals surface area contributed by atoms with Gasteiger partial charge < -0.3 is 4.74 Å². The summed E-state index contributed by atoms with van der Waals surface area (Å²) in [5, 5.41) is 2.28. The summed E-state index contributed by atoms with van der Waals surface area (Å²) in [7, 11) is -3.47. The number of benzene rings is 2. The Morgan fingerprint density at radius 1 is 1.12 bits per heavy atom. The number of hydrogen-bond acceptors (Lipinski definition) is 5. The molecule has 140 valence electrons. The lowest BCUT2D eigenvalue weighted by molar-refractivity contribution is -0.143. The second-order valence-corrected chi connectivity index (χ2v) is 8.69. The van der Waals surface area contributed by atoms with Gasteiger partial charge in [-0.3, -0.25) is 8.98 Å². The Labute approximate surface area is 154 Å². The van der Waals surface area contributed by atoms with Crippen molar-refractivity contribution in [3.63, 3.8) is 0 Å². The van der Waals surface area contributed by atoms with Crippen molar-refractivity contribution >= 4 is 26.9 Å². The lowest BCUT2D eigenvalue weighted by Gasteiger charge is -2.40. The first kappa shape index (κ1) is 18.9. The third kappa shape index (κ3) is 4.24. The van der Waals surface area contributed by atoms with Gasteiger partial charge in [-0.25, -0.2) is 0 Å². The Hall–Kier alpha value is -1.92. The maximum absolute atomic E-state index is 11.4. The molecule has 0 bridgehead atoms. The van der Waals surface area contributed by atoms with Crippen LogP contribution >= 0.6 is 0 Å². The second-order valence-electron chi connectivity index (χ2n) is 7.09. The average molecular weight is 376 g/mol. The summed E-state index contributed by atoms with van der Waals surface area (Å²) < 4.78 is 33.5. The molecule has 3 rings (SSSR count). The summed E-state index contributed by atoms with van der Waals surface area (Å²) in [5.74, 6) is -0.306. The summed E-state index contributed by atoms with van der Waals surface area (Å²) in [6.07, 6.45) is 3.39. The number of carbonyl (C=O) groups excluding carboxylic acids is 1. The van der Waals surface area contributed by atoms with Crippen LogP contribution in [0.3, 0.4) is 0 Å². The Balaban J connectivity index is 1.94. The summed E-state index contributed by atoms with van der Waals surface area (Å²) in [6.45, 7) is 1.71. The van der Waals surface area contributed by atoms with Crippen molar-refractivity contribution in [3.8, 4) is 0 Å². The number of esters is 1. The van der Waals surface area contributed by atoms with Crippen LogP contribution in [-0.2, 0) is 29.2 Å². The van der Waals surface area contributed by atoms with Crippen molar-refractivity contribution in [2.75, 3.05) is 12.9 Å². The molecule has 0 unspecified atom stereocenters. The first-order valence-corrected chi connectivity index (χ1v) is 10.6. The lowest BCUT2D eigenvalue weighted by atomic mass is 9.68. The molecule has 0 N–H and O–H groups in total. The quantitative estimate of drug-likeness (QED) is 0.589. The zero-order chi connectivity index (χ0) is 18.8. The molecule has 0 aliphatic heterocycles. The molecule has 5 nitrogen and oxygen atoms in total. The van der Waals surface area contributed by atoms with Crippen LogP contribution in [0.2, 0.25) is 0 Å². The highest BCUT2D eigenvalue weighted by atomic mass is 32.2. The van der Waals surface area contributed by atoms with E-state index in [0.717, 1.165) is 22.6 Å². The van der Waals surface area contributed by atoms with E-state index in [4.69, 9.17) is 8.92 Å². The second kappa shape index (κ2) is 7.37. The number of fused-ring (bicyclic) bond motifs is 1. The molecule has 0 aromatic heterocycles. The highest BCUT2D eigenvalue weighted by Crippen LogP contribution is 2.43. The summed E-state index contributed by atoms with van der Waals surface area (Å²) >= 11 is 0. The Kier molecular flexibility index (Phi) is 5.34. The minimum Gasteiger partial charge on any atom is -0.465 e. The molecule has 26 heavy (non-hydrogen) atoms. The van der Waals surface area contributed by atoms with Gasteiger partial charge in [0, 0.05) is 12.3 Å². The molecule has 0 heterocycles. The summed E-state index contributed by atoms with van der Waals surface area (Å²) in [4.78, 5) is 11.4. The van der Waals surface area contributed by atoms with Gasteiger partial charge in [0.2, 0.25) is 0 Å². The minimum absolute atomic E-state index is 0.294. The van der Waals surface area contributed by atoms with E-state index in [1.807, 2.05) is 18.2 Å². The molecule has 1 aliphatic rings. The third-order valence-electron chi connectivity index (χ3n) is 5.11.